The van der Waals surface area contributed by atoms with Crippen LogP contribution in [0.15, 0.2) is 84.9 Å². The van der Waals surface area contributed by atoms with Crippen LogP contribution in [0.1, 0.15) is 129 Å². The van der Waals surface area contributed by atoms with Gasteiger partial charge in [0.2, 0.25) is 12.2 Å². The Morgan fingerprint density at radius 1 is 0.351 bits per heavy atom. The molecule has 2 heterocycles. The fourth-order valence-electron chi connectivity index (χ4n) is 12.3. The molecular weight excluding hydrogens is 1520 g/mol. The van der Waals surface area contributed by atoms with Crippen LogP contribution < -0.4 is 21.3 Å². The van der Waals surface area contributed by atoms with Crippen LogP contribution in [0, 0.1) is 0 Å². The summed E-state index contributed by atoms with van der Waals surface area (Å²) in [6.07, 6.45) is -30.4. The first-order chi connectivity index (χ1) is 53.4. The molecule has 114 heavy (non-hydrogen) atoms. The molecule has 40 heteroatoms. The van der Waals surface area contributed by atoms with Crippen LogP contribution in [0.25, 0.3) is 0 Å². The minimum Gasteiger partial charge on any atom is -0.462 e. The van der Waals surface area contributed by atoms with Crippen molar-refractivity contribution in [1.82, 2.24) is 21.3 Å². The van der Waals surface area contributed by atoms with Gasteiger partial charge in [-0.15, -0.1) is 0 Å². The Labute approximate surface area is 650 Å². The molecule has 40 nitrogen and oxygen atoms in total. The molecule has 2 saturated heterocycles. The van der Waals surface area contributed by atoms with Gasteiger partial charge in [0.25, 0.3) is 23.6 Å². The summed E-state index contributed by atoms with van der Waals surface area (Å²) in [5.41, 5.74) is -0.377. The summed E-state index contributed by atoms with van der Waals surface area (Å²) >= 11 is 0. The highest BCUT2D eigenvalue weighted by molar-refractivity contribution is 6.00. The van der Waals surface area contributed by atoms with E-state index in [1.165, 1.54) is 30.3 Å². The Bertz CT molecular complexity index is 3780. The number of nitrogens with one attached hydrogen (secondary N) is 4. The Balaban J connectivity index is 1.60. The number of carbonyl (C=O) groups excluding carboxylic acids is 18. The van der Waals surface area contributed by atoms with Gasteiger partial charge < -0.3 is 107 Å². The number of benzene rings is 3. The lowest BCUT2D eigenvalue weighted by Gasteiger charge is -2.50. The van der Waals surface area contributed by atoms with E-state index in [2.05, 4.69) is 21.3 Å². The van der Waals surface area contributed by atoms with E-state index >= 15 is 9.59 Å². The van der Waals surface area contributed by atoms with Crippen LogP contribution in [-0.2, 0) is 165 Å². The van der Waals surface area contributed by atoms with Crippen LogP contribution in [0.4, 0.5) is 0 Å². The average molecular weight is 1610 g/mol. The van der Waals surface area contributed by atoms with E-state index in [9.17, 15) is 86.9 Å². The van der Waals surface area contributed by atoms with Crippen LogP contribution in [0.3, 0.4) is 0 Å². The molecule has 2 aliphatic heterocycles. The lowest BCUT2D eigenvalue weighted by Crippen LogP contribution is -2.73. The quantitative estimate of drug-likeness (QED) is 0.0303. The maximum atomic E-state index is 15.1. The molecule has 18 atom stereocenters. The second-order valence-corrected chi connectivity index (χ2v) is 25.9. The molecule has 3 aromatic carbocycles. The Hall–Kier alpha value is -12.0. The predicted octanol–water partition coefficient (Wildman–Crippen LogP) is -0.917. The molecule has 0 spiro atoms. The predicted molar refractivity (Wildman–Crippen MR) is 375 cm³/mol. The third kappa shape index (κ3) is 28.3. The molecule has 5 rings (SSSR count). The van der Waals surface area contributed by atoms with Gasteiger partial charge in [0.1, 0.15) is 37.5 Å². The lowest BCUT2D eigenvalue weighted by molar-refractivity contribution is -0.314. The standard InChI is InChI=1S/C74H90N4O36/c1-35(79)99-33-55(101-37(3)81)59(105-41(7)85)61(107-43(9)87)65(111-47(13)91)71(95)75-31-53-57(103-39(5)83)63(109-45(11)89)67(73(97,113-53)29-49-22-17-15-18-23-49)77-69(93)51-26-21-27-52(28-51)70(94)78-68-64(110-46(12)90)58(104-40(6)84)54(114-74(68,98)30-50-24-19-16-20-25-50)32-76-72(96)66(112-48(14)92)62(108-44(10)88)60(106-42(8)86)56(102-38(4)82)34-100-36(2)80/h15-28,53-68,97-98H,29-34H2,1-14H3,(H,75,95)(H,76,96)(H,77,93)(H,78,94)/t53-,54-,55-,56-,57-,58-,59+,60+,61-,62-,63+,64+,65-,66-,67-,68-,73+,74+/m1/s1. The second kappa shape index (κ2) is 42.6. The Morgan fingerprint density at radius 3 is 0.921 bits per heavy atom. The molecular formula is C74H90N4O36. The van der Waals surface area contributed by atoms with Gasteiger partial charge in [-0.25, -0.2) is 0 Å². The molecule has 0 radical (unpaired) electrons. The zero-order valence-corrected chi connectivity index (χ0v) is 64.3. The molecule has 0 aliphatic carbocycles. The highest BCUT2D eigenvalue weighted by Gasteiger charge is 2.61. The molecule has 4 amide bonds. The topological polar surface area (TPSA) is 544 Å². The van der Waals surface area contributed by atoms with Gasteiger partial charge in [-0.2, -0.15) is 0 Å². The lowest BCUT2D eigenvalue weighted by atomic mass is 9.85. The molecule has 0 unspecified atom stereocenters. The Kier molecular flexibility index (Phi) is 34.6. The summed E-state index contributed by atoms with van der Waals surface area (Å²) in [7, 11) is 0. The van der Waals surface area contributed by atoms with Crippen molar-refractivity contribution in [3.8, 4) is 0 Å². The van der Waals surface area contributed by atoms with Crippen molar-refractivity contribution in [2.24, 2.45) is 0 Å². The summed E-state index contributed by atoms with van der Waals surface area (Å²) in [5, 5.41) is 36.0. The number of amides is 4. The third-order valence-corrected chi connectivity index (χ3v) is 16.3. The summed E-state index contributed by atoms with van der Waals surface area (Å²) in [4.78, 5) is 238. The third-order valence-electron chi connectivity index (χ3n) is 16.3. The summed E-state index contributed by atoms with van der Waals surface area (Å²) in [5.74, 6) is -26.7. The fraction of sp³-hybridized carbons (Fsp3) is 0.514. The van der Waals surface area contributed by atoms with Gasteiger partial charge in [0.15, 0.2) is 72.6 Å². The zero-order valence-electron chi connectivity index (χ0n) is 64.3. The minimum absolute atomic E-state index is 0.258. The highest BCUT2D eigenvalue weighted by atomic mass is 16.7. The number of esters is 14. The van der Waals surface area contributed by atoms with Crippen molar-refractivity contribution in [3.63, 3.8) is 0 Å². The number of hydrogen-bond acceptors (Lipinski definition) is 36. The largest absolute Gasteiger partial charge is 0.462 e. The van der Waals surface area contributed by atoms with Crippen molar-refractivity contribution < 1.29 is 172 Å². The number of ether oxygens (including phenoxy) is 16. The van der Waals surface area contributed by atoms with Gasteiger partial charge in [-0.05, 0) is 29.3 Å². The van der Waals surface area contributed by atoms with E-state index in [4.69, 9.17) is 75.8 Å². The Morgan fingerprint density at radius 2 is 0.640 bits per heavy atom. The molecule has 0 saturated carbocycles. The van der Waals surface area contributed by atoms with E-state index in [-0.39, 0.29) is 11.1 Å². The molecule has 622 valence electrons. The van der Waals surface area contributed by atoms with Crippen molar-refractivity contribution in [1.29, 1.82) is 0 Å². The summed E-state index contributed by atoms with van der Waals surface area (Å²) in [6.45, 7) is 8.67. The molecule has 2 aliphatic rings. The number of carbonyl (C=O) groups is 18. The van der Waals surface area contributed by atoms with Crippen LogP contribution in [0.5, 0.6) is 0 Å². The van der Waals surface area contributed by atoms with Crippen molar-refractivity contribution in [2.45, 2.75) is 219 Å². The van der Waals surface area contributed by atoms with Gasteiger partial charge in [0, 0.05) is 134 Å². The van der Waals surface area contributed by atoms with Crippen molar-refractivity contribution in [3.05, 3.63) is 107 Å². The van der Waals surface area contributed by atoms with E-state index in [1.807, 2.05) is 0 Å². The number of hydrogen-bond donors (Lipinski definition) is 6. The zero-order chi connectivity index (χ0) is 85.2. The van der Waals surface area contributed by atoms with Crippen molar-refractivity contribution in [2.75, 3.05) is 26.3 Å². The van der Waals surface area contributed by atoms with Gasteiger partial charge in [-0.3, -0.25) is 86.3 Å². The summed E-state index contributed by atoms with van der Waals surface area (Å²) < 4.78 is 88.6. The first-order valence-electron chi connectivity index (χ1n) is 34.9. The smallest absolute Gasteiger partial charge is 0.303 e. The first-order valence-corrected chi connectivity index (χ1v) is 34.9. The fourth-order valence-corrected chi connectivity index (χ4v) is 12.3. The van der Waals surface area contributed by atoms with Crippen LogP contribution in [-0.4, -0.2) is 253 Å². The maximum Gasteiger partial charge on any atom is 0.303 e. The van der Waals surface area contributed by atoms with Crippen LogP contribution in [0.2, 0.25) is 0 Å². The molecule has 0 aromatic heterocycles. The summed E-state index contributed by atoms with van der Waals surface area (Å²) in [6, 6.07) is 15.7. The molecule has 0 bridgehead atoms. The van der Waals surface area contributed by atoms with Crippen molar-refractivity contribution >= 4 is 107 Å². The SMILES string of the molecule is CC(=O)OC[C@@H](OC(C)=O)[C@H](OC(C)=O)[C@@H](OC(C)=O)[C@@H](OC(C)=O)C(=O)NC[C@H]1O[C@@](O)(Cc2ccccc2)[C@H](NC(=O)c2cccc(C(=O)N[C@@H]3[C@@H](OC(C)=O)[C@H](OC(C)=O)[C@@H](CNC(=O)[C@H](OC(C)=O)[C@H](OC(C)=O)[C@@H](OC(C)=O)[C@@H](COC(C)=O)OC(C)=O)O[C@@]3(O)Cc3ccccc3)c2)[C@@H](OC(C)=O)[C@@H]1OC(C)=O. The van der Waals surface area contributed by atoms with E-state index < -0.39 is 267 Å². The van der Waals surface area contributed by atoms with Gasteiger partial charge >= 0.3 is 83.6 Å². The molecule has 3 aromatic rings. The van der Waals surface area contributed by atoms with E-state index in [0.29, 0.717) is 0 Å². The monoisotopic (exact) mass is 1610 g/mol. The van der Waals surface area contributed by atoms with E-state index in [0.717, 1.165) is 115 Å². The normalized spacial score (nSPS) is 22.2. The van der Waals surface area contributed by atoms with Gasteiger partial charge in [0.05, 0.1) is 0 Å². The number of rotatable bonds is 36. The molecule has 6 N–H and O–H groups in total. The highest BCUT2D eigenvalue weighted by Crippen LogP contribution is 2.38. The van der Waals surface area contributed by atoms with Gasteiger partial charge in [-0.1, -0.05) is 66.7 Å². The van der Waals surface area contributed by atoms with E-state index in [1.54, 1.807) is 36.4 Å². The maximum absolute atomic E-state index is 15.1. The second-order valence-electron chi connectivity index (χ2n) is 25.9. The first kappa shape index (κ1) is 92.6. The number of aliphatic hydroxyl groups is 2. The minimum atomic E-state index is -2.86. The van der Waals surface area contributed by atoms with Crippen LogP contribution >= 0.6 is 0 Å². The average Bonchev–Trinajstić information content (AvgIpc) is 0.756. The molecule has 2 fully saturated rings.